The Kier molecular flexibility index (Phi) is 4.24. The second-order valence-electron chi connectivity index (χ2n) is 4.44. The maximum absolute atomic E-state index is 5.93. The molecule has 0 N–H and O–H groups in total. The topological polar surface area (TPSA) is 31.4 Å². The first-order chi connectivity index (χ1) is 8.20. The largest absolute Gasteiger partial charge is 0.475 e. The fourth-order valence-corrected chi connectivity index (χ4v) is 2.38. The molecule has 1 saturated heterocycles. The van der Waals surface area contributed by atoms with Crippen molar-refractivity contribution >= 4 is 11.6 Å². The minimum atomic E-state index is 0.209. The van der Waals surface area contributed by atoms with Crippen LogP contribution in [0.4, 0.5) is 0 Å². The maximum Gasteiger partial charge on any atom is 0.218 e. The van der Waals surface area contributed by atoms with E-state index in [4.69, 9.17) is 21.1 Å². The van der Waals surface area contributed by atoms with Gasteiger partial charge in [-0.1, -0.05) is 0 Å². The van der Waals surface area contributed by atoms with Crippen molar-refractivity contribution in [2.45, 2.75) is 38.7 Å². The zero-order valence-corrected chi connectivity index (χ0v) is 11.1. The van der Waals surface area contributed by atoms with Gasteiger partial charge in [-0.15, -0.1) is 11.6 Å². The van der Waals surface area contributed by atoms with E-state index in [0.717, 1.165) is 36.3 Å². The van der Waals surface area contributed by atoms with Crippen LogP contribution in [0, 0.1) is 13.8 Å². The first-order valence-corrected chi connectivity index (χ1v) is 6.51. The summed E-state index contributed by atoms with van der Waals surface area (Å²) in [5, 5.41) is 0. The van der Waals surface area contributed by atoms with Crippen LogP contribution in [0.3, 0.4) is 0 Å². The fourth-order valence-electron chi connectivity index (χ4n) is 2.06. The van der Waals surface area contributed by atoms with Crippen LogP contribution in [0.5, 0.6) is 5.88 Å². The Morgan fingerprint density at radius 1 is 1.53 bits per heavy atom. The lowest BCUT2D eigenvalue weighted by Crippen LogP contribution is -2.17. The Balaban J connectivity index is 2.07. The number of hydrogen-bond donors (Lipinski definition) is 0. The second kappa shape index (κ2) is 5.69. The average molecular weight is 256 g/mol. The molecule has 17 heavy (non-hydrogen) atoms. The highest BCUT2D eigenvalue weighted by atomic mass is 35.5. The molecule has 2 heterocycles. The monoisotopic (exact) mass is 255 g/mol. The molecule has 1 aromatic heterocycles. The summed E-state index contributed by atoms with van der Waals surface area (Å²) in [6.07, 6.45) is 2.40. The molecule has 1 aromatic rings. The van der Waals surface area contributed by atoms with Gasteiger partial charge in [-0.2, -0.15) is 0 Å². The van der Waals surface area contributed by atoms with Crippen molar-refractivity contribution in [2.24, 2.45) is 0 Å². The summed E-state index contributed by atoms with van der Waals surface area (Å²) >= 11 is 5.93. The van der Waals surface area contributed by atoms with Crippen molar-refractivity contribution in [1.82, 2.24) is 4.98 Å². The number of aromatic nitrogens is 1. The Bertz CT molecular complexity index is 389. The van der Waals surface area contributed by atoms with Crippen molar-refractivity contribution in [1.29, 1.82) is 0 Å². The third-order valence-corrected chi connectivity index (χ3v) is 3.27. The van der Waals surface area contributed by atoms with E-state index >= 15 is 0 Å². The van der Waals surface area contributed by atoms with E-state index in [1.807, 2.05) is 19.9 Å². The van der Waals surface area contributed by atoms with Crippen molar-refractivity contribution < 1.29 is 9.47 Å². The summed E-state index contributed by atoms with van der Waals surface area (Å²) in [6.45, 7) is 5.41. The van der Waals surface area contributed by atoms with Gasteiger partial charge >= 0.3 is 0 Å². The third-order valence-electron chi connectivity index (χ3n) is 3.00. The molecule has 0 saturated carbocycles. The fraction of sp³-hybridized carbons (Fsp3) is 0.615. The van der Waals surface area contributed by atoms with Crippen molar-refractivity contribution in [3.63, 3.8) is 0 Å². The van der Waals surface area contributed by atoms with Crippen LogP contribution in [0.25, 0.3) is 0 Å². The molecule has 0 aromatic carbocycles. The third kappa shape index (κ3) is 3.11. The summed E-state index contributed by atoms with van der Waals surface area (Å²) in [4.78, 5) is 4.40. The molecule has 0 radical (unpaired) electrons. The molecule has 4 heteroatoms. The quantitative estimate of drug-likeness (QED) is 0.775. The van der Waals surface area contributed by atoms with Crippen LogP contribution in [0.2, 0.25) is 0 Å². The highest BCUT2D eigenvalue weighted by Crippen LogP contribution is 2.24. The molecule has 1 aliphatic rings. The van der Waals surface area contributed by atoms with E-state index in [9.17, 15) is 0 Å². The van der Waals surface area contributed by atoms with E-state index in [-0.39, 0.29) is 6.10 Å². The van der Waals surface area contributed by atoms with Gasteiger partial charge in [0.05, 0.1) is 12.0 Å². The predicted octanol–water partition coefficient (Wildman–Crippen LogP) is 3.00. The van der Waals surface area contributed by atoms with E-state index in [2.05, 4.69) is 4.98 Å². The summed E-state index contributed by atoms with van der Waals surface area (Å²) in [6, 6.07) is 2.02. The molecule has 0 aliphatic carbocycles. The van der Waals surface area contributed by atoms with Crippen molar-refractivity contribution in [3.8, 4) is 5.88 Å². The maximum atomic E-state index is 5.93. The van der Waals surface area contributed by atoms with Crippen molar-refractivity contribution in [2.75, 3.05) is 13.2 Å². The second-order valence-corrected chi connectivity index (χ2v) is 4.71. The molecule has 2 rings (SSSR count). The highest BCUT2D eigenvalue weighted by molar-refractivity contribution is 6.17. The van der Waals surface area contributed by atoms with Gasteiger partial charge in [0.15, 0.2) is 0 Å². The summed E-state index contributed by atoms with van der Waals surface area (Å²) in [5.41, 5.74) is 3.07. The molecule has 0 amide bonds. The molecular formula is C13H18ClNO2. The smallest absolute Gasteiger partial charge is 0.218 e. The zero-order valence-electron chi connectivity index (χ0n) is 10.3. The predicted molar refractivity (Wildman–Crippen MR) is 67.7 cm³/mol. The average Bonchev–Trinajstić information content (AvgIpc) is 2.78. The van der Waals surface area contributed by atoms with Crippen LogP contribution in [-0.2, 0) is 10.6 Å². The van der Waals surface area contributed by atoms with Gasteiger partial charge in [-0.25, -0.2) is 4.98 Å². The van der Waals surface area contributed by atoms with E-state index in [0.29, 0.717) is 18.4 Å². The number of ether oxygens (including phenoxy) is 2. The van der Waals surface area contributed by atoms with Crippen LogP contribution in [0.1, 0.15) is 29.7 Å². The van der Waals surface area contributed by atoms with Gasteiger partial charge in [0.25, 0.3) is 0 Å². The van der Waals surface area contributed by atoms with Crippen LogP contribution in [0.15, 0.2) is 6.07 Å². The molecule has 1 aliphatic heterocycles. The SMILES string of the molecule is Cc1cc(C)c(CCl)c(OCC2CCCO2)n1. The van der Waals surface area contributed by atoms with Gasteiger partial charge in [-0.05, 0) is 38.3 Å². The minimum Gasteiger partial charge on any atom is -0.475 e. The summed E-state index contributed by atoms with van der Waals surface area (Å²) in [7, 11) is 0. The Morgan fingerprint density at radius 3 is 3.00 bits per heavy atom. The van der Waals surface area contributed by atoms with Gasteiger partial charge in [0.2, 0.25) is 5.88 Å². The highest BCUT2D eigenvalue weighted by Gasteiger charge is 2.17. The first kappa shape index (κ1) is 12.7. The van der Waals surface area contributed by atoms with Crippen LogP contribution >= 0.6 is 11.6 Å². The number of nitrogens with zero attached hydrogens (tertiary/aromatic N) is 1. The van der Waals surface area contributed by atoms with E-state index in [1.54, 1.807) is 0 Å². The lowest BCUT2D eigenvalue weighted by atomic mass is 10.1. The standard InChI is InChI=1S/C13H18ClNO2/c1-9-6-10(2)15-13(12(9)7-14)17-8-11-4-3-5-16-11/h6,11H,3-5,7-8H2,1-2H3. The van der Waals surface area contributed by atoms with Gasteiger partial charge < -0.3 is 9.47 Å². The number of alkyl halides is 1. The van der Waals surface area contributed by atoms with Gasteiger partial charge in [-0.3, -0.25) is 0 Å². The molecule has 1 atom stereocenters. The number of pyridine rings is 1. The lowest BCUT2D eigenvalue weighted by molar-refractivity contribution is 0.0659. The number of hydrogen-bond acceptors (Lipinski definition) is 3. The number of halogens is 1. The molecule has 3 nitrogen and oxygen atoms in total. The molecule has 94 valence electrons. The molecule has 1 fully saturated rings. The molecule has 1 unspecified atom stereocenters. The normalized spacial score (nSPS) is 19.6. The summed E-state index contributed by atoms with van der Waals surface area (Å²) < 4.78 is 11.3. The Hall–Kier alpha value is -0.800. The molecule has 0 bridgehead atoms. The Labute approximate surface area is 107 Å². The summed E-state index contributed by atoms with van der Waals surface area (Å²) in [5.74, 6) is 1.09. The number of rotatable bonds is 4. The van der Waals surface area contributed by atoms with Crippen LogP contribution < -0.4 is 4.74 Å². The van der Waals surface area contributed by atoms with Gasteiger partial charge in [0, 0.05) is 17.9 Å². The zero-order chi connectivity index (χ0) is 12.3. The van der Waals surface area contributed by atoms with Gasteiger partial charge in [0.1, 0.15) is 6.61 Å². The number of aryl methyl sites for hydroxylation is 2. The molecular weight excluding hydrogens is 238 g/mol. The lowest BCUT2D eigenvalue weighted by Gasteiger charge is -2.14. The van der Waals surface area contributed by atoms with E-state index < -0.39 is 0 Å². The van der Waals surface area contributed by atoms with Crippen molar-refractivity contribution in [3.05, 3.63) is 22.9 Å². The molecule has 0 spiro atoms. The minimum absolute atomic E-state index is 0.209. The first-order valence-electron chi connectivity index (χ1n) is 5.98. The van der Waals surface area contributed by atoms with E-state index in [1.165, 1.54) is 0 Å². The Morgan fingerprint density at radius 2 is 2.35 bits per heavy atom. The van der Waals surface area contributed by atoms with Crippen LogP contribution in [-0.4, -0.2) is 24.3 Å².